The summed E-state index contributed by atoms with van der Waals surface area (Å²) in [5.74, 6) is -2.33. The number of hydrogen-bond donors (Lipinski definition) is 4. The largest absolute Gasteiger partial charge is 0.345 e. The van der Waals surface area contributed by atoms with Crippen molar-refractivity contribution >= 4 is 41.1 Å². The van der Waals surface area contributed by atoms with Gasteiger partial charge < -0.3 is 10.6 Å². The van der Waals surface area contributed by atoms with E-state index in [0.29, 0.717) is 0 Å². The summed E-state index contributed by atoms with van der Waals surface area (Å²) in [4.78, 5) is 46.4. The van der Waals surface area contributed by atoms with E-state index in [0.717, 1.165) is 41.4 Å². The lowest BCUT2D eigenvalue weighted by molar-refractivity contribution is -0.140. The van der Waals surface area contributed by atoms with Gasteiger partial charge in [-0.15, -0.1) is 11.8 Å². The van der Waals surface area contributed by atoms with Gasteiger partial charge in [0.15, 0.2) is 0 Å². The van der Waals surface area contributed by atoms with Crippen molar-refractivity contribution in [2.45, 2.75) is 32.7 Å². The highest BCUT2D eigenvalue weighted by Gasteiger charge is 2.26. The lowest BCUT2D eigenvalue weighted by atomic mass is 10.1. The molecule has 1 aliphatic rings. The molecule has 2 rings (SSSR count). The average Bonchev–Trinajstić information content (AvgIpc) is 3.39. The second-order valence-electron chi connectivity index (χ2n) is 6.11. The van der Waals surface area contributed by atoms with Crippen LogP contribution in [0.4, 0.5) is 5.69 Å². The summed E-state index contributed by atoms with van der Waals surface area (Å²) >= 11 is 1.10. The molecule has 0 unspecified atom stereocenters. The highest BCUT2D eigenvalue weighted by Crippen LogP contribution is 2.18. The predicted molar refractivity (Wildman–Crippen MR) is 99.3 cm³/mol. The molecule has 0 heterocycles. The van der Waals surface area contributed by atoms with Gasteiger partial charge in [0.2, 0.25) is 11.8 Å². The number of amides is 4. The van der Waals surface area contributed by atoms with Gasteiger partial charge in [-0.2, -0.15) is 0 Å². The van der Waals surface area contributed by atoms with Crippen LogP contribution in [-0.4, -0.2) is 41.2 Å². The molecule has 26 heavy (non-hydrogen) atoms. The van der Waals surface area contributed by atoms with E-state index in [-0.39, 0.29) is 23.5 Å². The highest BCUT2D eigenvalue weighted by molar-refractivity contribution is 8.00. The summed E-state index contributed by atoms with van der Waals surface area (Å²) < 4.78 is 0. The van der Waals surface area contributed by atoms with Crippen molar-refractivity contribution in [2.75, 3.05) is 16.8 Å². The molecule has 0 saturated heterocycles. The quantitative estimate of drug-likeness (QED) is 0.422. The second kappa shape index (κ2) is 9.23. The van der Waals surface area contributed by atoms with Crippen LogP contribution in [-0.2, 0) is 19.2 Å². The minimum atomic E-state index is -0.914. The van der Waals surface area contributed by atoms with Crippen molar-refractivity contribution in [3.8, 4) is 0 Å². The van der Waals surface area contributed by atoms with E-state index in [9.17, 15) is 19.2 Å². The van der Waals surface area contributed by atoms with Gasteiger partial charge in [-0.1, -0.05) is 17.7 Å². The first kappa shape index (κ1) is 19.8. The fourth-order valence-corrected chi connectivity index (χ4v) is 2.69. The molecular weight excluding hydrogens is 356 g/mol. The van der Waals surface area contributed by atoms with E-state index in [1.807, 2.05) is 37.5 Å². The van der Waals surface area contributed by atoms with E-state index in [4.69, 9.17) is 0 Å². The molecule has 4 N–H and O–H groups in total. The van der Waals surface area contributed by atoms with Crippen LogP contribution in [0.3, 0.4) is 0 Å². The van der Waals surface area contributed by atoms with Crippen LogP contribution in [0.25, 0.3) is 0 Å². The molecule has 0 bridgehead atoms. The minimum absolute atomic E-state index is 0.0230. The van der Waals surface area contributed by atoms with Gasteiger partial charge in [0, 0.05) is 11.7 Å². The van der Waals surface area contributed by atoms with Crippen molar-refractivity contribution in [3.05, 3.63) is 29.3 Å². The van der Waals surface area contributed by atoms with Crippen LogP contribution in [0.2, 0.25) is 0 Å². The Labute approximate surface area is 155 Å². The van der Waals surface area contributed by atoms with Gasteiger partial charge in [-0.05, 0) is 38.3 Å². The lowest BCUT2D eigenvalue weighted by Crippen LogP contribution is -2.49. The number of carbonyl (C=O) groups excluding carboxylic acids is 4. The van der Waals surface area contributed by atoms with E-state index in [1.54, 1.807) is 0 Å². The maximum atomic E-state index is 11.9. The van der Waals surface area contributed by atoms with Crippen molar-refractivity contribution in [2.24, 2.45) is 0 Å². The number of benzene rings is 1. The van der Waals surface area contributed by atoms with Crippen LogP contribution >= 0.6 is 11.8 Å². The number of rotatable bonds is 6. The molecule has 0 radical (unpaired) electrons. The number of anilines is 1. The van der Waals surface area contributed by atoms with E-state index < -0.39 is 17.7 Å². The zero-order valence-electron chi connectivity index (χ0n) is 14.7. The van der Waals surface area contributed by atoms with Crippen LogP contribution in [0.1, 0.15) is 24.0 Å². The number of carbonyl (C=O) groups is 4. The SMILES string of the molecule is Cc1ccc(NC(=O)CSCC(=O)NNC(=O)C(=O)NC2CC2)c(C)c1. The smallest absolute Gasteiger partial charge is 0.327 e. The van der Waals surface area contributed by atoms with E-state index >= 15 is 0 Å². The number of hydrazine groups is 1. The molecule has 1 fully saturated rings. The normalized spacial score (nSPS) is 12.8. The number of nitrogens with one attached hydrogen (secondary N) is 4. The average molecular weight is 378 g/mol. The molecule has 9 heteroatoms. The van der Waals surface area contributed by atoms with Gasteiger partial charge >= 0.3 is 11.8 Å². The van der Waals surface area contributed by atoms with Gasteiger partial charge in [-0.3, -0.25) is 30.0 Å². The Balaban J connectivity index is 1.61. The number of aryl methyl sites for hydroxylation is 2. The third-order valence-electron chi connectivity index (χ3n) is 3.56. The standard InChI is InChI=1S/C17H22N4O4S/c1-10-3-6-13(11(2)7-10)19-14(22)8-26-9-15(23)20-21-17(25)16(24)18-12-4-5-12/h3,6-7,12H,4-5,8-9H2,1-2H3,(H,18,24)(H,19,22)(H,20,23)(H,21,25). The van der Waals surface area contributed by atoms with Gasteiger partial charge in [0.05, 0.1) is 11.5 Å². The van der Waals surface area contributed by atoms with Gasteiger partial charge in [0.25, 0.3) is 0 Å². The fourth-order valence-electron chi connectivity index (χ4n) is 2.07. The molecule has 0 spiro atoms. The molecule has 4 amide bonds. The molecule has 8 nitrogen and oxygen atoms in total. The Morgan fingerprint density at radius 2 is 1.69 bits per heavy atom. The first-order chi connectivity index (χ1) is 12.3. The molecule has 0 aromatic heterocycles. The molecule has 0 aliphatic heterocycles. The van der Waals surface area contributed by atoms with Crippen molar-refractivity contribution in [1.82, 2.24) is 16.2 Å². The summed E-state index contributed by atoms with van der Waals surface area (Å²) in [6.07, 6.45) is 1.73. The third kappa shape index (κ3) is 6.75. The van der Waals surface area contributed by atoms with Gasteiger partial charge in [0.1, 0.15) is 0 Å². The highest BCUT2D eigenvalue weighted by atomic mass is 32.2. The van der Waals surface area contributed by atoms with Crippen LogP contribution in [0.5, 0.6) is 0 Å². The van der Waals surface area contributed by atoms with Gasteiger partial charge in [-0.25, -0.2) is 0 Å². The second-order valence-corrected chi connectivity index (χ2v) is 7.09. The molecule has 1 aromatic rings. The van der Waals surface area contributed by atoms with Crippen LogP contribution < -0.4 is 21.5 Å². The minimum Gasteiger partial charge on any atom is -0.345 e. The van der Waals surface area contributed by atoms with E-state index in [2.05, 4.69) is 16.1 Å². The Bertz CT molecular complexity index is 719. The fraction of sp³-hybridized carbons (Fsp3) is 0.412. The van der Waals surface area contributed by atoms with Crippen molar-refractivity contribution < 1.29 is 19.2 Å². The van der Waals surface area contributed by atoms with E-state index in [1.165, 1.54) is 0 Å². The Morgan fingerprint density at radius 1 is 1.00 bits per heavy atom. The van der Waals surface area contributed by atoms with Crippen molar-refractivity contribution in [3.63, 3.8) is 0 Å². The molecule has 1 aliphatic carbocycles. The Hall–Kier alpha value is -2.55. The summed E-state index contributed by atoms with van der Waals surface area (Å²) in [5.41, 5.74) is 7.00. The third-order valence-corrected chi connectivity index (χ3v) is 4.49. The van der Waals surface area contributed by atoms with Crippen LogP contribution in [0.15, 0.2) is 18.2 Å². The molecule has 1 aromatic carbocycles. The summed E-state index contributed by atoms with van der Waals surface area (Å²) in [6.45, 7) is 3.88. The monoisotopic (exact) mass is 378 g/mol. The molecular formula is C17H22N4O4S. The topological polar surface area (TPSA) is 116 Å². The first-order valence-corrected chi connectivity index (χ1v) is 9.35. The molecule has 1 saturated carbocycles. The summed E-state index contributed by atoms with van der Waals surface area (Å²) in [5, 5.41) is 5.29. The zero-order chi connectivity index (χ0) is 19.1. The maximum Gasteiger partial charge on any atom is 0.327 e. The maximum absolute atomic E-state index is 11.9. The Kier molecular flexibility index (Phi) is 7.02. The summed E-state index contributed by atoms with van der Waals surface area (Å²) in [6, 6.07) is 5.78. The lowest BCUT2D eigenvalue weighted by Gasteiger charge is -2.09. The number of hydrogen-bond acceptors (Lipinski definition) is 5. The predicted octanol–water partition coefficient (Wildman–Crippen LogP) is 0.401. The number of thioether (sulfide) groups is 1. The molecule has 140 valence electrons. The molecule has 0 atom stereocenters. The Morgan fingerprint density at radius 3 is 2.35 bits per heavy atom. The summed E-state index contributed by atoms with van der Waals surface area (Å²) in [7, 11) is 0. The van der Waals surface area contributed by atoms with Crippen LogP contribution in [0, 0.1) is 13.8 Å². The van der Waals surface area contributed by atoms with Crippen molar-refractivity contribution in [1.29, 1.82) is 0 Å². The zero-order valence-corrected chi connectivity index (χ0v) is 15.5. The first-order valence-electron chi connectivity index (χ1n) is 8.19.